The van der Waals surface area contributed by atoms with Crippen molar-refractivity contribution >= 4 is 11.9 Å². The molecule has 0 heterocycles. The fraction of sp³-hybridized carbons (Fsp3) is 0.958. The van der Waals surface area contributed by atoms with Gasteiger partial charge in [0.15, 0.2) is 0 Å². The standard InChI is InChI=1S/C48H94N2O5/c1-4-7-10-13-16-17-18-21-30-43-54-47(52)33-26-22-28-37-49(39-40-50(41-42-51)46-35-36-46)38-29-23-27-34-48(53)55-44-45(31-24-19-14-11-8-5-2)32-25-20-15-12-9-6-3/h45-46,51H,4-44H2,1-3H3. The highest BCUT2D eigenvalue weighted by Crippen LogP contribution is 2.26. The summed E-state index contributed by atoms with van der Waals surface area (Å²) < 4.78 is 11.4. The van der Waals surface area contributed by atoms with Gasteiger partial charge in [0.1, 0.15) is 0 Å². The third-order valence-electron chi connectivity index (χ3n) is 11.8. The van der Waals surface area contributed by atoms with E-state index in [0.29, 0.717) is 38.0 Å². The number of ether oxygens (including phenoxy) is 2. The van der Waals surface area contributed by atoms with Gasteiger partial charge >= 0.3 is 11.9 Å². The van der Waals surface area contributed by atoms with Gasteiger partial charge in [0.25, 0.3) is 0 Å². The van der Waals surface area contributed by atoms with Crippen LogP contribution in [0, 0.1) is 5.92 Å². The Balaban J connectivity index is 2.32. The molecule has 7 heteroatoms. The molecule has 0 bridgehead atoms. The molecule has 0 aromatic carbocycles. The molecule has 0 aromatic rings. The van der Waals surface area contributed by atoms with Crippen molar-refractivity contribution in [1.29, 1.82) is 0 Å². The van der Waals surface area contributed by atoms with Gasteiger partial charge in [-0.2, -0.15) is 0 Å². The van der Waals surface area contributed by atoms with Crippen LogP contribution < -0.4 is 0 Å². The van der Waals surface area contributed by atoms with E-state index in [-0.39, 0.29) is 18.5 Å². The highest BCUT2D eigenvalue weighted by Gasteiger charge is 2.28. The van der Waals surface area contributed by atoms with Gasteiger partial charge in [0, 0.05) is 38.5 Å². The smallest absolute Gasteiger partial charge is 0.305 e. The van der Waals surface area contributed by atoms with Crippen molar-refractivity contribution in [3.8, 4) is 0 Å². The van der Waals surface area contributed by atoms with Gasteiger partial charge in [-0.3, -0.25) is 14.5 Å². The van der Waals surface area contributed by atoms with Crippen LogP contribution in [0.4, 0.5) is 0 Å². The number of nitrogens with zero attached hydrogens (tertiary/aromatic N) is 2. The van der Waals surface area contributed by atoms with Crippen LogP contribution >= 0.6 is 0 Å². The Kier molecular flexibility index (Phi) is 37.4. The second-order valence-corrected chi connectivity index (χ2v) is 17.2. The van der Waals surface area contributed by atoms with E-state index >= 15 is 0 Å². The zero-order valence-corrected chi connectivity index (χ0v) is 37.1. The summed E-state index contributed by atoms with van der Waals surface area (Å²) in [4.78, 5) is 30.1. The zero-order chi connectivity index (χ0) is 39.9. The Labute approximate surface area is 342 Å². The van der Waals surface area contributed by atoms with Crippen molar-refractivity contribution in [1.82, 2.24) is 9.80 Å². The second kappa shape index (κ2) is 39.6. The number of hydrogen-bond acceptors (Lipinski definition) is 7. The SMILES string of the molecule is CCCCCCCCCCCOC(=O)CCCCCN(CCCCCC(=O)OCC(CCCCCCCC)CCCCCCCC)CCN(CCO)C1CC1. The molecule has 0 radical (unpaired) electrons. The maximum absolute atomic E-state index is 12.8. The third-order valence-corrected chi connectivity index (χ3v) is 11.8. The first-order valence-corrected chi connectivity index (χ1v) is 24.4. The summed E-state index contributed by atoms with van der Waals surface area (Å²) in [6.45, 7) is 13.1. The average Bonchev–Trinajstić information content (AvgIpc) is 4.03. The first-order valence-electron chi connectivity index (χ1n) is 24.4. The molecule has 1 saturated carbocycles. The molecule has 0 spiro atoms. The molecule has 1 aliphatic carbocycles. The second-order valence-electron chi connectivity index (χ2n) is 17.2. The lowest BCUT2D eigenvalue weighted by molar-refractivity contribution is -0.145. The Morgan fingerprint density at radius 3 is 1.42 bits per heavy atom. The van der Waals surface area contributed by atoms with E-state index in [4.69, 9.17) is 9.47 Å². The van der Waals surface area contributed by atoms with Crippen molar-refractivity contribution in [2.24, 2.45) is 5.92 Å². The Morgan fingerprint density at radius 2 is 0.945 bits per heavy atom. The maximum Gasteiger partial charge on any atom is 0.305 e. The minimum atomic E-state index is -0.0369. The first kappa shape index (κ1) is 51.8. The van der Waals surface area contributed by atoms with Crippen LogP contribution in [-0.4, -0.2) is 85.4 Å². The number of aliphatic hydroxyl groups excluding tert-OH is 1. The lowest BCUT2D eigenvalue weighted by atomic mass is 9.94. The number of carbonyl (C=O) groups excluding carboxylic acids is 2. The first-order chi connectivity index (χ1) is 27.0. The molecule has 0 saturated heterocycles. The van der Waals surface area contributed by atoms with Crippen LogP contribution in [0.15, 0.2) is 0 Å². The molecule has 7 nitrogen and oxygen atoms in total. The van der Waals surface area contributed by atoms with Gasteiger partial charge < -0.3 is 19.5 Å². The summed E-state index contributed by atoms with van der Waals surface area (Å²) in [5.41, 5.74) is 0. The predicted octanol–water partition coefficient (Wildman–Crippen LogP) is 12.6. The van der Waals surface area contributed by atoms with E-state index in [1.54, 1.807) is 0 Å². The van der Waals surface area contributed by atoms with Crippen LogP contribution in [0.25, 0.3) is 0 Å². The monoisotopic (exact) mass is 779 g/mol. The zero-order valence-electron chi connectivity index (χ0n) is 37.1. The topological polar surface area (TPSA) is 79.3 Å². The van der Waals surface area contributed by atoms with E-state index in [1.165, 1.54) is 148 Å². The van der Waals surface area contributed by atoms with Crippen molar-refractivity contribution < 1.29 is 24.2 Å². The van der Waals surface area contributed by atoms with Crippen molar-refractivity contribution in [3.63, 3.8) is 0 Å². The molecule has 0 aromatic heterocycles. The van der Waals surface area contributed by atoms with E-state index in [2.05, 4.69) is 30.6 Å². The van der Waals surface area contributed by atoms with Gasteiger partial charge in [0.05, 0.1) is 19.8 Å². The number of carbonyl (C=O) groups is 2. The Morgan fingerprint density at radius 1 is 0.509 bits per heavy atom. The van der Waals surface area contributed by atoms with Crippen molar-refractivity contribution in [3.05, 3.63) is 0 Å². The maximum atomic E-state index is 12.8. The van der Waals surface area contributed by atoms with Crippen LogP contribution in [0.1, 0.15) is 233 Å². The van der Waals surface area contributed by atoms with Crippen LogP contribution in [0.5, 0.6) is 0 Å². The molecule has 55 heavy (non-hydrogen) atoms. The van der Waals surface area contributed by atoms with Gasteiger partial charge in [-0.25, -0.2) is 0 Å². The summed E-state index contributed by atoms with van der Waals surface area (Å²) in [5.74, 6) is 0.472. The Bertz CT molecular complexity index is 821. The van der Waals surface area contributed by atoms with Gasteiger partial charge in [0.2, 0.25) is 0 Å². The molecular formula is C48H94N2O5. The molecule has 1 N–H and O–H groups in total. The molecular weight excluding hydrogens is 685 g/mol. The Hall–Kier alpha value is -1.18. The van der Waals surface area contributed by atoms with E-state index in [9.17, 15) is 14.7 Å². The predicted molar refractivity (Wildman–Crippen MR) is 234 cm³/mol. The summed E-state index contributed by atoms with van der Waals surface area (Å²) in [6, 6.07) is 0.651. The minimum Gasteiger partial charge on any atom is -0.466 e. The number of hydrogen-bond donors (Lipinski definition) is 1. The lowest BCUT2D eigenvalue weighted by Gasteiger charge is -2.27. The minimum absolute atomic E-state index is 0.0106. The highest BCUT2D eigenvalue weighted by atomic mass is 16.5. The van der Waals surface area contributed by atoms with Crippen LogP contribution in [-0.2, 0) is 19.1 Å². The summed E-state index contributed by atoms with van der Waals surface area (Å²) >= 11 is 0. The van der Waals surface area contributed by atoms with Gasteiger partial charge in [-0.15, -0.1) is 0 Å². The largest absolute Gasteiger partial charge is 0.466 e. The molecule has 1 rings (SSSR count). The van der Waals surface area contributed by atoms with Crippen LogP contribution in [0.2, 0.25) is 0 Å². The molecule has 0 aliphatic heterocycles. The van der Waals surface area contributed by atoms with Gasteiger partial charge in [-0.05, 0) is 76.8 Å². The van der Waals surface area contributed by atoms with Crippen molar-refractivity contribution in [2.45, 2.75) is 239 Å². The lowest BCUT2D eigenvalue weighted by Crippen LogP contribution is -2.38. The van der Waals surface area contributed by atoms with Crippen molar-refractivity contribution in [2.75, 3.05) is 52.5 Å². The number of rotatable bonds is 44. The average molecular weight is 779 g/mol. The molecule has 0 amide bonds. The highest BCUT2D eigenvalue weighted by molar-refractivity contribution is 5.69. The third kappa shape index (κ3) is 34.6. The number of unbranched alkanes of at least 4 members (excludes halogenated alkanes) is 22. The molecule has 1 aliphatic rings. The fourth-order valence-electron chi connectivity index (χ4n) is 7.90. The molecule has 0 unspecified atom stereocenters. The van der Waals surface area contributed by atoms with Gasteiger partial charge in [-0.1, -0.05) is 162 Å². The van der Waals surface area contributed by atoms with E-state index in [1.807, 2.05) is 0 Å². The van der Waals surface area contributed by atoms with E-state index in [0.717, 1.165) is 84.1 Å². The quantitative estimate of drug-likeness (QED) is 0.0487. The number of esters is 2. The van der Waals surface area contributed by atoms with Crippen LogP contribution in [0.3, 0.4) is 0 Å². The number of aliphatic hydroxyl groups is 1. The molecule has 0 atom stereocenters. The fourth-order valence-corrected chi connectivity index (χ4v) is 7.90. The summed E-state index contributed by atoms with van der Waals surface area (Å²) in [7, 11) is 0. The normalized spacial score (nSPS) is 13.1. The summed E-state index contributed by atoms with van der Waals surface area (Å²) in [5, 5.41) is 9.59. The summed E-state index contributed by atoms with van der Waals surface area (Å²) in [6.07, 6.45) is 39.3. The molecule has 1 fully saturated rings. The van der Waals surface area contributed by atoms with E-state index < -0.39 is 0 Å². The molecule has 326 valence electrons.